The molecule has 0 saturated carbocycles. The van der Waals surface area contributed by atoms with Crippen molar-refractivity contribution in [1.29, 1.82) is 0 Å². The molecule has 0 saturated heterocycles. The molecule has 6 nitrogen and oxygen atoms in total. The van der Waals surface area contributed by atoms with E-state index in [4.69, 9.17) is 21.7 Å². The molecule has 0 aliphatic rings. The predicted molar refractivity (Wildman–Crippen MR) is 88.8 cm³/mol. The van der Waals surface area contributed by atoms with E-state index in [0.29, 0.717) is 35.6 Å². The van der Waals surface area contributed by atoms with Crippen molar-refractivity contribution in [1.82, 2.24) is 0 Å². The normalized spacial score (nSPS) is 10.6. The van der Waals surface area contributed by atoms with Gasteiger partial charge in [-0.3, -0.25) is 0 Å². The quantitative estimate of drug-likeness (QED) is 0.402. The predicted octanol–water partition coefficient (Wildman–Crippen LogP) is 1.01. The van der Waals surface area contributed by atoms with Crippen LogP contribution in [0.4, 0.5) is 17.1 Å². The highest BCUT2D eigenvalue weighted by atomic mass is 16.3. The van der Waals surface area contributed by atoms with Gasteiger partial charge in [0.15, 0.2) is 0 Å². The smallest absolute Gasteiger partial charge is 0.123 e. The van der Waals surface area contributed by atoms with Gasteiger partial charge in [0, 0.05) is 41.3 Å². The molecule has 0 bridgehead atoms. The molecule has 0 atom stereocenters. The van der Waals surface area contributed by atoms with Gasteiger partial charge >= 0.3 is 0 Å². The molecule has 0 fully saturated rings. The monoisotopic (exact) mass is 303 g/mol. The number of phenols is 1. The van der Waals surface area contributed by atoms with Crippen molar-refractivity contribution in [3.05, 3.63) is 36.4 Å². The van der Waals surface area contributed by atoms with Gasteiger partial charge in [-0.05, 0) is 36.4 Å². The zero-order chi connectivity index (χ0) is 16.1. The van der Waals surface area contributed by atoms with Gasteiger partial charge in [0.1, 0.15) is 5.75 Å². The Kier molecular flexibility index (Phi) is 5.08. The Hall–Kier alpha value is -2.44. The zero-order valence-electron chi connectivity index (χ0n) is 12.2. The van der Waals surface area contributed by atoms with Gasteiger partial charge < -0.3 is 31.7 Å². The van der Waals surface area contributed by atoms with Crippen molar-refractivity contribution in [2.45, 2.75) is 0 Å². The fraction of sp³-hybridized carbons (Fsp3) is 0.250. The number of anilines is 3. The van der Waals surface area contributed by atoms with Crippen molar-refractivity contribution in [3.63, 3.8) is 0 Å². The van der Waals surface area contributed by atoms with Crippen molar-refractivity contribution < 1.29 is 15.3 Å². The fourth-order valence-corrected chi connectivity index (χ4v) is 2.36. The number of aromatic hydroxyl groups is 1. The maximum Gasteiger partial charge on any atom is 0.123 e. The van der Waals surface area contributed by atoms with Gasteiger partial charge in [-0.25, -0.2) is 0 Å². The molecule has 0 heterocycles. The third-order valence-electron chi connectivity index (χ3n) is 3.45. The van der Waals surface area contributed by atoms with Crippen LogP contribution in [-0.2, 0) is 0 Å². The Morgan fingerprint density at radius 1 is 0.864 bits per heavy atom. The van der Waals surface area contributed by atoms with Crippen LogP contribution in [-0.4, -0.2) is 41.6 Å². The molecule has 6 heteroatoms. The molecular weight excluding hydrogens is 282 g/mol. The maximum absolute atomic E-state index is 10.0. The molecule has 0 unspecified atom stereocenters. The first-order valence-corrected chi connectivity index (χ1v) is 7.02. The molecular formula is C16H21N3O3. The van der Waals surface area contributed by atoms with E-state index in [2.05, 4.69) is 0 Å². The van der Waals surface area contributed by atoms with E-state index in [1.54, 1.807) is 18.2 Å². The van der Waals surface area contributed by atoms with Crippen LogP contribution in [0, 0.1) is 0 Å². The largest absolute Gasteiger partial charge is 0.507 e. The summed E-state index contributed by atoms with van der Waals surface area (Å²) in [5, 5.41) is 28.3. The highest BCUT2D eigenvalue weighted by Crippen LogP contribution is 2.36. The highest BCUT2D eigenvalue weighted by Gasteiger charge is 2.12. The molecule has 0 aromatic heterocycles. The zero-order valence-corrected chi connectivity index (χ0v) is 12.2. The molecule has 2 rings (SSSR count). The first-order chi connectivity index (χ1) is 10.6. The minimum atomic E-state index is -0.0246. The lowest BCUT2D eigenvalue weighted by Gasteiger charge is -2.24. The molecule has 0 aliphatic heterocycles. The summed E-state index contributed by atoms with van der Waals surface area (Å²) in [6, 6.07) is 10.2. The van der Waals surface area contributed by atoms with Crippen LogP contribution in [0.3, 0.4) is 0 Å². The van der Waals surface area contributed by atoms with E-state index in [1.807, 2.05) is 17.0 Å². The number of aliphatic hydroxyl groups is 2. The number of benzene rings is 2. The SMILES string of the molecule is Nc1ccc(O)c(-c2cc(N(CCO)CCO)ccc2N)c1. The van der Waals surface area contributed by atoms with E-state index in [0.717, 1.165) is 5.69 Å². The Balaban J connectivity index is 2.48. The van der Waals surface area contributed by atoms with E-state index in [9.17, 15) is 5.11 Å². The molecule has 2 aromatic rings. The van der Waals surface area contributed by atoms with Crippen LogP contribution < -0.4 is 16.4 Å². The van der Waals surface area contributed by atoms with E-state index >= 15 is 0 Å². The van der Waals surface area contributed by atoms with Gasteiger partial charge in [-0.1, -0.05) is 0 Å². The Bertz CT molecular complexity index is 641. The lowest BCUT2D eigenvalue weighted by Crippen LogP contribution is -2.29. The third kappa shape index (κ3) is 3.41. The van der Waals surface area contributed by atoms with Crippen molar-refractivity contribution >= 4 is 17.1 Å². The number of hydrogen-bond acceptors (Lipinski definition) is 6. The number of nitrogen functional groups attached to an aromatic ring is 2. The third-order valence-corrected chi connectivity index (χ3v) is 3.45. The number of hydrogen-bond donors (Lipinski definition) is 5. The summed E-state index contributed by atoms with van der Waals surface area (Å²) in [5.74, 6) is 0.0916. The average Bonchev–Trinajstić information content (AvgIpc) is 2.50. The van der Waals surface area contributed by atoms with E-state index in [1.165, 1.54) is 6.07 Å². The second-order valence-corrected chi connectivity index (χ2v) is 4.98. The number of rotatable bonds is 6. The first-order valence-electron chi connectivity index (χ1n) is 7.02. The summed E-state index contributed by atoms with van der Waals surface area (Å²) in [5.41, 5.74) is 14.8. The average molecular weight is 303 g/mol. The van der Waals surface area contributed by atoms with Crippen molar-refractivity contribution in [2.75, 3.05) is 42.7 Å². The minimum Gasteiger partial charge on any atom is -0.507 e. The van der Waals surface area contributed by atoms with Gasteiger partial charge in [-0.15, -0.1) is 0 Å². The minimum absolute atomic E-state index is 0.0246. The summed E-state index contributed by atoms with van der Waals surface area (Å²) in [7, 11) is 0. The van der Waals surface area contributed by atoms with Crippen LogP contribution in [0.15, 0.2) is 36.4 Å². The van der Waals surface area contributed by atoms with E-state index < -0.39 is 0 Å². The van der Waals surface area contributed by atoms with Crippen molar-refractivity contribution in [2.24, 2.45) is 0 Å². The summed E-state index contributed by atoms with van der Waals surface area (Å²) in [6.45, 7) is 0.742. The van der Waals surface area contributed by atoms with Gasteiger partial charge in [0.25, 0.3) is 0 Å². The standard InChI is InChI=1S/C16H21N3O3/c17-11-1-4-16(22)14(9-11)13-10-12(2-3-15(13)18)19(5-7-20)6-8-21/h1-4,9-10,20-22H,5-8,17-18H2. The summed E-state index contributed by atoms with van der Waals surface area (Å²) in [6.07, 6.45) is 0. The van der Waals surface area contributed by atoms with E-state index in [-0.39, 0.29) is 19.0 Å². The molecule has 0 aliphatic carbocycles. The molecule has 0 spiro atoms. The summed E-state index contributed by atoms with van der Waals surface area (Å²) < 4.78 is 0. The number of nitrogens with zero attached hydrogens (tertiary/aromatic N) is 1. The topological polar surface area (TPSA) is 116 Å². The van der Waals surface area contributed by atoms with Crippen LogP contribution in [0.1, 0.15) is 0 Å². The molecule has 22 heavy (non-hydrogen) atoms. The van der Waals surface area contributed by atoms with Gasteiger partial charge in [0.05, 0.1) is 13.2 Å². The molecule has 118 valence electrons. The number of aliphatic hydroxyl groups excluding tert-OH is 2. The molecule has 7 N–H and O–H groups in total. The summed E-state index contributed by atoms with van der Waals surface area (Å²) in [4.78, 5) is 1.84. The van der Waals surface area contributed by atoms with Crippen LogP contribution >= 0.6 is 0 Å². The highest BCUT2D eigenvalue weighted by molar-refractivity contribution is 5.84. The molecule has 0 amide bonds. The Morgan fingerprint density at radius 3 is 2.18 bits per heavy atom. The van der Waals surface area contributed by atoms with Crippen molar-refractivity contribution in [3.8, 4) is 16.9 Å². The van der Waals surface area contributed by atoms with Crippen LogP contribution in [0.5, 0.6) is 5.75 Å². The van der Waals surface area contributed by atoms with Gasteiger partial charge in [0.2, 0.25) is 0 Å². The maximum atomic E-state index is 10.0. The molecule has 2 aromatic carbocycles. The fourth-order valence-electron chi connectivity index (χ4n) is 2.36. The molecule has 0 radical (unpaired) electrons. The second kappa shape index (κ2) is 7.02. The lowest BCUT2D eigenvalue weighted by molar-refractivity contribution is 0.281. The Labute approximate surface area is 129 Å². The van der Waals surface area contributed by atoms with Crippen LogP contribution in [0.25, 0.3) is 11.1 Å². The second-order valence-electron chi connectivity index (χ2n) is 4.98. The van der Waals surface area contributed by atoms with Gasteiger partial charge in [-0.2, -0.15) is 0 Å². The van der Waals surface area contributed by atoms with Crippen LogP contribution in [0.2, 0.25) is 0 Å². The number of phenolic OH excluding ortho intramolecular Hbond substituents is 1. The summed E-state index contributed by atoms with van der Waals surface area (Å²) >= 11 is 0. The Morgan fingerprint density at radius 2 is 1.55 bits per heavy atom. The number of nitrogens with two attached hydrogens (primary N) is 2. The lowest BCUT2D eigenvalue weighted by atomic mass is 10.0. The first kappa shape index (κ1) is 15.9.